The average molecular weight is 343 g/mol. The van der Waals surface area contributed by atoms with Crippen LogP contribution in [-0.2, 0) is 9.84 Å². The summed E-state index contributed by atoms with van der Waals surface area (Å²) in [7, 11) is -1.53. The number of benzene rings is 1. The first-order chi connectivity index (χ1) is 10.8. The first kappa shape index (κ1) is 17.5. The fourth-order valence-corrected chi connectivity index (χ4v) is 3.13. The predicted molar refractivity (Wildman–Crippen MR) is 88.0 cm³/mol. The van der Waals surface area contributed by atoms with Crippen LogP contribution in [0.15, 0.2) is 18.2 Å². The topological polar surface area (TPSA) is 93.0 Å². The van der Waals surface area contributed by atoms with Crippen molar-refractivity contribution >= 4 is 21.2 Å². The van der Waals surface area contributed by atoms with Crippen molar-refractivity contribution in [1.29, 1.82) is 0 Å². The number of ether oxygens (including phenoxy) is 1. The van der Waals surface area contributed by atoms with Gasteiger partial charge in [-0.2, -0.15) is 0 Å². The molecule has 0 aliphatic carbocycles. The highest BCUT2D eigenvalue weighted by Gasteiger charge is 2.21. The molecular formula is C14H21N3O5S. The summed E-state index contributed by atoms with van der Waals surface area (Å²) in [5.74, 6) is 0.408. The maximum absolute atomic E-state index is 11.2. The fourth-order valence-electron chi connectivity index (χ4n) is 2.54. The standard InChI is InChI=1S/C14H21N3O5S/c1-22-14-11-12(3-4-13(14)17(18)19)16-7-5-15(6-8-16)9-10-23(2,20)21/h3-4,11H,5-10H2,1-2H3. The van der Waals surface area contributed by atoms with Crippen molar-refractivity contribution in [2.45, 2.75) is 0 Å². The quantitative estimate of drug-likeness (QED) is 0.556. The van der Waals surface area contributed by atoms with Crippen molar-refractivity contribution in [3.8, 4) is 5.75 Å². The van der Waals surface area contributed by atoms with Crippen LogP contribution in [0.2, 0.25) is 0 Å². The van der Waals surface area contributed by atoms with E-state index in [0.717, 1.165) is 31.9 Å². The first-order valence-corrected chi connectivity index (χ1v) is 9.33. The zero-order valence-corrected chi connectivity index (χ0v) is 14.1. The van der Waals surface area contributed by atoms with Gasteiger partial charge in [0.2, 0.25) is 0 Å². The molecule has 9 heteroatoms. The van der Waals surface area contributed by atoms with Crippen LogP contribution in [0.3, 0.4) is 0 Å². The van der Waals surface area contributed by atoms with Gasteiger partial charge in [-0.05, 0) is 6.07 Å². The molecule has 1 fully saturated rings. The SMILES string of the molecule is COc1cc(N2CCN(CCS(C)(=O)=O)CC2)ccc1[N+](=O)[O-]. The molecule has 1 aliphatic heterocycles. The first-order valence-electron chi connectivity index (χ1n) is 7.27. The number of rotatable bonds is 6. The summed E-state index contributed by atoms with van der Waals surface area (Å²) in [6, 6.07) is 4.83. The lowest BCUT2D eigenvalue weighted by atomic mass is 10.2. The lowest BCUT2D eigenvalue weighted by molar-refractivity contribution is -0.385. The second-order valence-electron chi connectivity index (χ2n) is 5.57. The number of hydrogen-bond acceptors (Lipinski definition) is 7. The minimum atomic E-state index is -2.95. The summed E-state index contributed by atoms with van der Waals surface area (Å²) < 4.78 is 27.5. The molecule has 0 aromatic heterocycles. The number of methoxy groups -OCH3 is 1. The van der Waals surface area contributed by atoms with Crippen LogP contribution >= 0.6 is 0 Å². The van der Waals surface area contributed by atoms with E-state index in [1.165, 1.54) is 19.4 Å². The van der Waals surface area contributed by atoms with Gasteiger partial charge in [-0.25, -0.2) is 8.42 Å². The monoisotopic (exact) mass is 343 g/mol. The minimum absolute atomic E-state index is 0.0527. The Bertz CT molecular complexity index is 669. The molecule has 2 rings (SSSR count). The van der Waals surface area contributed by atoms with Crippen LogP contribution in [-0.4, -0.2) is 70.1 Å². The van der Waals surface area contributed by atoms with E-state index in [1.54, 1.807) is 12.1 Å². The molecule has 1 aliphatic rings. The smallest absolute Gasteiger partial charge is 0.311 e. The molecule has 0 bridgehead atoms. The van der Waals surface area contributed by atoms with Gasteiger partial charge in [0.25, 0.3) is 0 Å². The number of piperazine rings is 1. The van der Waals surface area contributed by atoms with Gasteiger partial charge in [0.15, 0.2) is 5.75 Å². The van der Waals surface area contributed by atoms with Gasteiger partial charge >= 0.3 is 5.69 Å². The van der Waals surface area contributed by atoms with Crippen LogP contribution in [0, 0.1) is 10.1 Å². The Morgan fingerprint density at radius 1 is 1.26 bits per heavy atom. The molecule has 0 N–H and O–H groups in total. The second kappa shape index (κ2) is 7.14. The van der Waals surface area contributed by atoms with E-state index in [0.29, 0.717) is 6.54 Å². The Morgan fingerprint density at radius 3 is 2.43 bits per heavy atom. The summed E-state index contributed by atoms with van der Waals surface area (Å²) in [6.07, 6.45) is 1.24. The van der Waals surface area contributed by atoms with Crippen LogP contribution < -0.4 is 9.64 Å². The zero-order valence-electron chi connectivity index (χ0n) is 13.3. The Hall–Kier alpha value is -1.87. The van der Waals surface area contributed by atoms with Gasteiger partial charge < -0.3 is 9.64 Å². The molecule has 1 heterocycles. The van der Waals surface area contributed by atoms with E-state index < -0.39 is 14.8 Å². The molecule has 0 atom stereocenters. The van der Waals surface area contributed by atoms with Crippen molar-refractivity contribution in [3.63, 3.8) is 0 Å². The van der Waals surface area contributed by atoms with E-state index in [1.807, 2.05) is 0 Å². The summed E-state index contributed by atoms with van der Waals surface area (Å²) >= 11 is 0. The van der Waals surface area contributed by atoms with E-state index in [9.17, 15) is 18.5 Å². The van der Waals surface area contributed by atoms with Gasteiger partial charge in [-0.15, -0.1) is 0 Å². The molecule has 1 saturated heterocycles. The largest absolute Gasteiger partial charge is 0.490 e. The molecule has 0 unspecified atom stereocenters. The number of nitro benzene ring substituents is 1. The van der Waals surface area contributed by atoms with Gasteiger partial charge in [0, 0.05) is 56.8 Å². The fraction of sp³-hybridized carbons (Fsp3) is 0.571. The van der Waals surface area contributed by atoms with Crippen molar-refractivity contribution < 1.29 is 18.1 Å². The molecule has 23 heavy (non-hydrogen) atoms. The molecule has 0 amide bonds. The maximum Gasteiger partial charge on any atom is 0.311 e. The highest BCUT2D eigenvalue weighted by atomic mass is 32.2. The highest BCUT2D eigenvalue weighted by molar-refractivity contribution is 7.90. The number of nitrogens with zero attached hydrogens (tertiary/aromatic N) is 3. The Morgan fingerprint density at radius 2 is 1.91 bits per heavy atom. The molecular weight excluding hydrogens is 322 g/mol. The van der Waals surface area contributed by atoms with E-state index in [4.69, 9.17) is 4.74 Å². The van der Waals surface area contributed by atoms with Gasteiger partial charge in [-0.3, -0.25) is 15.0 Å². The third kappa shape index (κ3) is 4.80. The van der Waals surface area contributed by atoms with Crippen molar-refractivity contribution in [2.75, 3.05) is 56.7 Å². The normalized spacial score (nSPS) is 16.3. The van der Waals surface area contributed by atoms with Crippen molar-refractivity contribution in [2.24, 2.45) is 0 Å². The van der Waals surface area contributed by atoms with Crippen molar-refractivity contribution in [1.82, 2.24) is 4.90 Å². The van der Waals surface area contributed by atoms with Gasteiger partial charge in [0.05, 0.1) is 17.8 Å². The lowest BCUT2D eigenvalue weighted by Gasteiger charge is -2.36. The number of nitro groups is 1. The van der Waals surface area contributed by atoms with Crippen molar-refractivity contribution in [3.05, 3.63) is 28.3 Å². The van der Waals surface area contributed by atoms with E-state index in [2.05, 4.69) is 9.80 Å². The summed E-state index contributed by atoms with van der Waals surface area (Å²) in [6.45, 7) is 3.54. The molecule has 128 valence electrons. The summed E-state index contributed by atoms with van der Waals surface area (Å²) in [4.78, 5) is 14.7. The predicted octanol–water partition coefficient (Wildman–Crippen LogP) is 0.770. The third-order valence-electron chi connectivity index (χ3n) is 3.88. The maximum atomic E-state index is 11.2. The number of sulfone groups is 1. The Labute approximate surface area is 135 Å². The van der Waals surface area contributed by atoms with Crippen LogP contribution in [0.4, 0.5) is 11.4 Å². The Kier molecular flexibility index (Phi) is 5.42. The van der Waals surface area contributed by atoms with E-state index >= 15 is 0 Å². The summed E-state index contributed by atoms with van der Waals surface area (Å²) in [5.41, 5.74) is 0.818. The average Bonchev–Trinajstić information content (AvgIpc) is 2.52. The molecule has 0 spiro atoms. The highest BCUT2D eigenvalue weighted by Crippen LogP contribution is 2.31. The number of anilines is 1. The molecule has 0 saturated carbocycles. The number of hydrogen-bond donors (Lipinski definition) is 0. The van der Waals surface area contributed by atoms with Crippen LogP contribution in [0.1, 0.15) is 0 Å². The van der Waals surface area contributed by atoms with Crippen LogP contribution in [0.25, 0.3) is 0 Å². The third-order valence-corrected chi connectivity index (χ3v) is 4.80. The molecule has 0 radical (unpaired) electrons. The lowest BCUT2D eigenvalue weighted by Crippen LogP contribution is -2.47. The van der Waals surface area contributed by atoms with Gasteiger partial charge in [0.1, 0.15) is 9.84 Å². The summed E-state index contributed by atoms with van der Waals surface area (Å²) in [5, 5.41) is 10.9. The second-order valence-corrected chi connectivity index (χ2v) is 7.83. The molecule has 8 nitrogen and oxygen atoms in total. The zero-order chi connectivity index (χ0) is 17.0. The van der Waals surface area contributed by atoms with Crippen LogP contribution in [0.5, 0.6) is 5.75 Å². The van der Waals surface area contributed by atoms with E-state index in [-0.39, 0.29) is 17.2 Å². The Balaban J connectivity index is 1.99. The minimum Gasteiger partial charge on any atom is -0.490 e. The van der Waals surface area contributed by atoms with Gasteiger partial charge in [-0.1, -0.05) is 0 Å². The molecule has 1 aromatic rings. The molecule has 1 aromatic carbocycles.